The first-order chi connectivity index (χ1) is 17.3. The van der Waals surface area contributed by atoms with Crippen molar-refractivity contribution in [2.24, 2.45) is 0 Å². The zero-order valence-electron chi connectivity index (χ0n) is 20.4. The topological polar surface area (TPSA) is 32.3 Å². The number of nitrogens with zero attached hydrogens (tertiary/aromatic N) is 1. The van der Waals surface area contributed by atoms with E-state index in [1.165, 1.54) is 11.6 Å². The van der Waals surface area contributed by atoms with Crippen molar-refractivity contribution in [3.05, 3.63) is 107 Å². The van der Waals surface area contributed by atoms with Crippen LogP contribution in [0.3, 0.4) is 0 Å². The smallest absolute Gasteiger partial charge is 0.348 e. The molecule has 6 heteroatoms. The molecule has 0 unspecified atom stereocenters. The molecule has 0 aromatic heterocycles. The van der Waals surface area contributed by atoms with Crippen molar-refractivity contribution < 1.29 is 18.0 Å². The second-order valence-electron chi connectivity index (χ2n) is 8.77. The van der Waals surface area contributed by atoms with Gasteiger partial charge >= 0.3 is 6.18 Å². The van der Waals surface area contributed by atoms with E-state index in [-0.39, 0.29) is 5.91 Å². The number of nitrogens with one attached hydrogen (secondary N) is 1. The molecule has 0 fully saturated rings. The molecule has 4 rings (SSSR count). The molecule has 4 aromatic rings. The molecule has 1 N–H and O–H groups in total. The number of fused-ring (bicyclic) bond motifs is 1. The van der Waals surface area contributed by atoms with Gasteiger partial charge in [0.1, 0.15) is 0 Å². The van der Waals surface area contributed by atoms with Crippen molar-refractivity contribution in [1.29, 1.82) is 0 Å². The Morgan fingerprint density at radius 2 is 1.56 bits per heavy atom. The summed E-state index contributed by atoms with van der Waals surface area (Å²) in [6.45, 7) is 7.60. The zero-order valence-corrected chi connectivity index (χ0v) is 20.4. The van der Waals surface area contributed by atoms with Crippen LogP contribution in [0.15, 0.2) is 84.9 Å². The highest BCUT2D eigenvalue weighted by Gasteiger charge is 2.30. The highest BCUT2D eigenvalue weighted by Crippen LogP contribution is 2.32. The highest BCUT2D eigenvalue weighted by molar-refractivity contribution is 5.95. The Morgan fingerprint density at radius 1 is 0.833 bits per heavy atom. The summed E-state index contributed by atoms with van der Waals surface area (Å²) in [6.07, 6.45) is -4.40. The molecule has 36 heavy (non-hydrogen) atoms. The number of hydrogen-bond acceptors (Lipinski definition) is 2. The third kappa shape index (κ3) is 5.94. The van der Waals surface area contributed by atoms with Gasteiger partial charge in [-0.05, 0) is 76.4 Å². The molecule has 3 nitrogen and oxygen atoms in total. The molecular weight excluding hydrogens is 461 g/mol. The lowest BCUT2D eigenvalue weighted by Gasteiger charge is -2.18. The summed E-state index contributed by atoms with van der Waals surface area (Å²) in [4.78, 5) is 15.1. The standard InChI is InChI=1S/C30H29F3N2O/c1-3-35(4-2)20-21-11-16-28-25(17-21)8-5-9-26(28)19-34-29(36)23-14-12-22(13-15-23)24-7-6-10-27(18-24)30(31,32)33/h5-18H,3-4,19-20H2,1-2H3,(H,34,36). The minimum Gasteiger partial charge on any atom is -0.348 e. The van der Waals surface area contributed by atoms with Crippen LogP contribution in [0.5, 0.6) is 0 Å². The molecule has 0 saturated carbocycles. The summed E-state index contributed by atoms with van der Waals surface area (Å²) in [5.74, 6) is -0.235. The molecular formula is C30H29F3N2O. The maximum absolute atomic E-state index is 13.0. The summed E-state index contributed by atoms with van der Waals surface area (Å²) in [6, 6.07) is 24.3. The fourth-order valence-electron chi connectivity index (χ4n) is 4.32. The molecule has 0 aliphatic heterocycles. The summed E-state index contributed by atoms with van der Waals surface area (Å²) >= 11 is 0. The SMILES string of the molecule is CCN(CC)Cc1ccc2c(CNC(=O)c3ccc(-c4cccc(C(F)(F)F)c4)cc3)cccc2c1. The zero-order chi connectivity index (χ0) is 25.7. The van der Waals surface area contributed by atoms with Gasteiger partial charge < -0.3 is 5.32 Å². The van der Waals surface area contributed by atoms with Crippen LogP contribution < -0.4 is 5.32 Å². The van der Waals surface area contributed by atoms with E-state index in [4.69, 9.17) is 0 Å². The number of carbonyl (C=O) groups excluding carboxylic acids is 1. The number of rotatable bonds is 8. The van der Waals surface area contributed by atoms with Crippen LogP contribution in [0.25, 0.3) is 21.9 Å². The third-order valence-electron chi connectivity index (χ3n) is 6.45. The predicted octanol–water partition coefficient (Wildman–Crippen LogP) is 7.30. The van der Waals surface area contributed by atoms with E-state index < -0.39 is 11.7 Å². The van der Waals surface area contributed by atoms with Gasteiger partial charge in [-0.15, -0.1) is 0 Å². The molecule has 1 amide bonds. The summed E-state index contributed by atoms with van der Waals surface area (Å²) in [5.41, 5.74) is 3.11. The van der Waals surface area contributed by atoms with E-state index in [0.29, 0.717) is 23.2 Å². The van der Waals surface area contributed by atoms with Crippen LogP contribution in [0.2, 0.25) is 0 Å². The Balaban J connectivity index is 1.45. The quantitative estimate of drug-likeness (QED) is 0.281. The van der Waals surface area contributed by atoms with Gasteiger partial charge in [-0.2, -0.15) is 13.2 Å². The van der Waals surface area contributed by atoms with Gasteiger partial charge in [0.25, 0.3) is 5.91 Å². The normalized spacial score (nSPS) is 11.7. The van der Waals surface area contributed by atoms with Crippen LogP contribution in [-0.2, 0) is 19.3 Å². The lowest BCUT2D eigenvalue weighted by Crippen LogP contribution is -2.23. The Bertz CT molecular complexity index is 1340. The second kappa shape index (κ2) is 11.0. The Hall–Kier alpha value is -3.64. The maximum Gasteiger partial charge on any atom is 0.416 e. The molecule has 0 aliphatic rings. The van der Waals surface area contributed by atoms with Gasteiger partial charge in [0, 0.05) is 18.7 Å². The fourth-order valence-corrected chi connectivity index (χ4v) is 4.32. The van der Waals surface area contributed by atoms with Gasteiger partial charge in [0.05, 0.1) is 5.56 Å². The molecule has 0 aliphatic carbocycles. The lowest BCUT2D eigenvalue weighted by molar-refractivity contribution is -0.137. The number of alkyl halides is 3. The lowest BCUT2D eigenvalue weighted by atomic mass is 10.0. The first-order valence-corrected chi connectivity index (χ1v) is 12.1. The monoisotopic (exact) mass is 490 g/mol. The van der Waals surface area contributed by atoms with Crippen molar-refractivity contribution in [2.45, 2.75) is 33.1 Å². The van der Waals surface area contributed by atoms with Crippen LogP contribution in [0, 0.1) is 0 Å². The number of carbonyl (C=O) groups is 1. The minimum absolute atomic E-state index is 0.235. The molecule has 0 radical (unpaired) electrons. The van der Waals surface area contributed by atoms with E-state index in [2.05, 4.69) is 48.3 Å². The fraction of sp³-hybridized carbons (Fsp3) is 0.233. The molecule has 0 heterocycles. The second-order valence-corrected chi connectivity index (χ2v) is 8.77. The van der Waals surface area contributed by atoms with Crippen LogP contribution in [0.1, 0.15) is 40.9 Å². The van der Waals surface area contributed by atoms with E-state index in [9.17, 15) is 18.0 Å². The Labute approximate surface area is 209 Å². The number of benzene rings is 4. The Kier molecular flexibility index (Phi) is 7.75. The molecule has 0 atom stereocenters. The van der Waals surface area contributed by atoms with E-state index in [1.54, 1.807) is 30.3 Å². The van der Waals surface area contributed by atoms with Gasteiger partial charge in [-0.3, -0.25) is 9.69 Å². The first kappa shape index (κ1) is 25.5. The van der Waals surface area contributed by atoms with Crippen LogP contribution in [0.4, 0.5) is 13.2 Å². The molecule has 0 saturated heterocycles. The van der Waals surface area contributed by atoms with Gasteiger partial charge in [-0.1, -0.05) is 68.4 Å². The average Bonchev–Trinajstić information content (AvgIpc) is 2.89. The van der Waals surface area contributed by atoms with E-state index in [0.717, 1.165) is 48.1 Å². The van der Waals surface area contributed by atoms with Gasteiger partial charge in [0.15, 0.2) is 0 Å². The van der Waals surface area contributed by atoms with Gasteiger partial charge in [-0.25, -0.2) is 0 Å². The van der Waals surface area contributed by atoms with Crippen molar-refractivity contribution in [3.8, 4) is 11.1 Å². The van der Waals surface area contributed by atoms with E-state index in [1.807, 2.05) is 12.1 Å². The van der Waals surface area contributed by atoms with E-state index >= 15 is 0 Å². The maximum atomic E-state index is 13.0. The molecule has 0 spiro atoms. The number of amides is 1. The van der Waals surface area contributed by atoms with Crippen molar-refractivity contribution in [1.82, 2.24) is 10.2 Å². The van der Waals surface area contributed by atoms with Crippen molar-refractivity contribution in [2.75, 3.05) is 13.1 Å². The highest BCUT2D eigenvalue weighted by atomic mass is 19.4. The summed E-state index contributed by atoms with van der Waals surface area (Å²) in [7, 11) is 0. The number of hydrogen-bond donors (Lipinski definition) is 1. The van der Waals surface area contributed by atoms with Crippen LogP contribution in [-0.4, -0.2) is 23.9 Å². The largest absolute Gasteiger partial charge is 0.416 e. The van der Waals surface area contributed by atoms with Gasteiger partial charge in [0.2, 0.25) is 0 Å². The summed E-state index contributed by atoms with van der Waals surface area (Å²) in [5, 5.41) is 5.20. The first-order valence-electron chi connectivity index (χ1n) is 12.1. The molecule has 0 bridgehead atoms. The molecule has 186 valence electrons. The third-order valence-corrected chi connectivity index (χ3v) is 6.45. The predicted molar refractivity (Wildman–Crippen MR) is 139 cm³/mol. The van der Waals surface area contributed by atoms with Crippen molar-refractivity contribution in [3.63, 3.8) is 0 Å². The van der Waals surface area contributed by atoms with Crippen molar-refractivity contribution >= 4 is 16.7 Å². The molecule has 4 aromatic carbocycles. The average molecular weight is 491 g/mol. The number of halogens is 3. The minimum atomic E-state index is -4.40. The van der Waals surface area contributed by atoms with Crippen LogP contribution >= 0.6 is 0 Å². The summed E-state index contributed by atoms with van der Waals surface area (Å²) < 4.78 is 39.1. The Morgan fingerprint density at radius 3 is 2.25 bits per heavy atom.